The van der Waals surface area contributed by atoms with Gasteiger partial charge in [0.05, 0.1) is 17.6 Å². The predicted octanol–water partition coefficient (Wildman–Crippen LogP) is 4.04. The van der Waals surface area contributed by atoms with Gasteiger partial charge in [0.25, 0.3) is 0 Å². The fraction of sp³-hybridized carbons (Fsp3) is 0.333. The van der Waals surface area contributed by atoms with Crippen LogP contribution in [0.25, 0.3) is 0 Å². The van der Waals surface area contributed by atoms with Crippen molar-refractivity contribution in [1.29, 1.82) is 0 Å². The number of rotatable bonds is 6. The van der Waals surface area contributed by atoms with Crippen LogP contribution in [0.3, 0.4) is 0 Å². The van der Waals surface area contributed by atoms with Gasteiger partial charge in [-0.1, -0.05) is 36.4 Å². The van der Waals surface area contributed by atoms with Gasteiger partial charge >= 0.3 is 5.97 Å². The molecule has 114 valence electrons. The summed E-state index contributed by atoms with van der Waals surface area (Å²) >= 11 is 1.73. The minimum Gasteiger partial charge on any atom is -0.466 e. The van der Waals surface area contributed by atoms with Gasteiger partial charge in [0, 0.05) is 11.9 Å². The molecule has 0 spiro atoms. The molecule has 0 aliphatic heterocycles. The largest absolute Gasteiger partial charge is 0.466 e. The van der Waals surface area contributed by atoms with Crippen LogP contribution in [0.2, 0.25) is 0 Å². The summed E-state index contributed by atoms with van der Waals surface area (Å²) in [5.41, 5.74) is 2.44. The van der Waals surface area contributed by atoms with Crippen molar-refractivity contribution in [2.75, 3.05) is 6.61 Å². The molecule has 1 fully saturated rings. The Bertz CT molecular complexity index is 627. The van der Waals surface area contributed by atoms with Crippen molar-refractivity contribution in [3.63, 3.8) is 0 Å². The van der Waals surface area contributed by atoms with E-state index >= 15 is 0 Å². The van der Waals surface area contributed by atoms with Gasteiger partial charge in [0.1, 0.15) is 0 Å². The summed E-state index contributed by atoms with van der Waals surface area (Å²) in [6, 6.07) is 14.5. The zero-order valence-electron chi connectivity index (χ0n) is 12.6. The number of carbonyl (C=O) groups is 1. The molecule has 3 rings (SSSR count). The molecule has 0 amide bonds. The van der Waals surface area contributed by atoms with E-state index in [0.29, 0.717) is 12.5 Å². The first-order valence-electron chi connectivity index (χ1n) is 7.57. The first-order chi connectivity index (χ1) is 10.8. The second-order valence-corrected chi connectivity index (χ2v) is 6.40. The lowest BCUT2D eigenvalue weighted by Crippen LogP contribution is -2.07. The van der Waals surface area contributed by atoms with Crippen molar-refractivity contribution >= 4 is 17.7 Å². The van der Waals surface area contributed by atoms with E-state index in [4.69, 9.17) is 4.74 Å². The van der Waals surface area contributed by atoms with Crippen LogP contribution < -0.4 is 0 Å². The molecule has 1 saturated carbocycles. The van der Waals surface area contributed by atoms with Crippen molar-refractivity contribution in [1.82, 2.24) is 4.98 Å². The van der Waals surface area contributed by atoms with Crippen molar-refractivity contribution in [2.45, 2.75) is 30.0 Å². The Balaban J connectivity index is 1.54. The van der Waals surface area contributed by atoms with E-state index in [1.54, 1.807) is 11.8 Å². The van der Waals surface area contributed by atoms with Crippen LogP contribution >= 0.6 is 11.8 Å². The lowest BCUT2D eigenvalue weighted by Gasteiger charge is -2.04. The molecule has 1 aromatic heterocycles. The Labute approximate surface area is 135 Å². The number of thioether (sulfide) groups is 1. The van der Waals surface area contributed by atoms with Crippen molar-refractivity contribution in [2.24, 2.45) is 5.92 Å². The average molecular weight is 313 g/mol. The Hall–Kier alpha value is -1.81. The number of aromatic nitrogens is 1. The zero-order chi connectivity index (χ0) is 15.4. The van der Waals surface area contributed by atoms with Gasteiger partial charge in [-0.2, -0.15) is 0 Å². The van der Waals surface area contributed by atoms with E-state index in [0.717, 1.165) is 22.8 Å². The van der Waals surface area contributed by atoms with Crippen LogP contribution in [0.1, 0.15) is 30.4 Å². The smallest absolute Gasteiger partial charge is 0.309 e. The number of ether oxygens (including phenoxy) is 1. The monoisotopic (exact) mass is 313 g/mol. The summed E-state index contributed by atoms with van der Waals surface area (Å²) in [6.45, 7) is 2.30. The highest BCUT2D eigenvalue weighted by molar-refractivity contribution is 7.98. The van der Waals surface area contributed by atoms with E-state index in [9.17, 15) is 4.79 Å². The maximum Gasteiger partial charge on any atom is 0.309 e. The highest BCUT2D eigenvalue weighted by atomic mass is 32.2. The van der Waals surface area contributed by atoms with Crippen LogP contribution in [0.5, 0.6) is 0 Å². The van der Waals surface area contributed by atoms with Gasteiger partial charge in [-0.3, -0.25) is 4.79 Å². The van der Waals surface area contributed by atoms with Gasteiger partial charge in [-0.15, -0.1) is 11.8 Å². The lowest BCUT2D eigenvalue weighted by atomic mass is 10.1. The van der Waals surface area contributed by atoms with E-state index in [-0.39, 0.29) is 11.9 Å². The molecule has 0 N–H and O–H groups in total. The quantitative estimate of drug-likeness (QED) is 0.596. The third kappa shape index (κ3) is 3.69. The number of carbonyl (C=O) groups excluding carboxylic acids is 1. The van der Waals surface area contributed by atoms with Crippen LogP contribution in [-0.2, 0) is 15.3 Å². The first kappa shape index (κ1) is 15.1. The molecule has 1 aliphatic rings. The zero-order valence-corrected chi connectivity index (χ0v) is 13.4. The molecule has 0 radical (unpaired) electrons. The van der Waals surface area contributed by atoms with E-state index < -0.39 is 0 Å². The molecule has 2 unspecified atom stereocenters. The molecule has 22 heavy (non-hydrogen) atoms. The van der Waals surface area contributed by atoms with Gasteiger partial charge < -0.3 is 4.74 Å². The predicted molar refractivity (Wildman–Crippen MR) is 87.7 cm³/mol. The summed E-state index contributed by atoms with van der Waals surface area (Å²) in [4.78, 5) is 16.2. The average Bonchev–Trinajstić information content (AvgIpc) is 3.35. The summed E-state index contributed by atoms with van der Waals surface area (Å²) < 4.78 is 5.07. The Kier molecular flexibility index (Phi) is 4.78. The van der Waals surface area contributed by atoms with Crippen LogP contribution in [-0.4, -0.2) is 17.6 Å². The normalized spacial score (nSPS) is 19.7. The minimum atomic E-state index is -0.0740. The number of nitrogens with zero attached hydrogens (tertiary/aromatic N) is 1. The lowest BCUT2D eigenvalue weighted by molar-refractivity contribution is -0.144. The van der Waals surface area contributed by atoms with Gasteiger partial charge in [0.2, 0.25) is 0 Å². The number of hydrogen-bond acceptors (Lipinski definition) is 4. The molecule has 0 bridgehead atoms. The minimum absolute atomic E-state index is 0.0320. The number of benzene rings is 1. The van der Waals surface area contributed by atoms with E-state index in [1.165, 1.54) is 5.56 Å². The standard InChI is InChI=1S/C18H19NO2S/c1-2-21-18(20)16-10-15(16)14-8-9-17(19-11-14)22-12-13-6-4-3-5-7-13/h3-9,11,15-16H,2,10,12H2,1H3. The summed E-state index contributed by atoms with van der Waals surface area (Å²) in [6.07, 6.45) is 2.79. The fourth-order valence-electron chi connectivity index (χ4n) is 2.50. The second kappa shape index (κ2) is 6.97. The summed E-state index contributed by atoms with van der Waals surface area (Å²) in [5, 5.41) is 1.01. The molecule has 1 aromatic carbocycles. The van der Waals surface area contributed by atoms with Crippen LogP contribution in [0.4, 0.5) is 0 Å². The molecule has 1 aliphatic carbocycles. The number of pyridine rings is 1. The number of esters is 1. The highest BCUT2D eigenvalue weighted by Crippen LogP contribution is 2.48. The molecule has 1 heterocycles. The fourth-order valence-corrected chi connectivity index (χ4v) is 3.30. The highest BCUT2D eigenvalue weighted by Gasteiger charge is 2.45. The topological polar surface area (TPSA) is 39.2 Å². The molecule has 2 atom stereocenters. The molecular formula is C18H19NO2S. The maximum atomic E-state index is 11.7. The number of hydrogen-bond donors (Lipinski definition) is 0. The molecule has 3 nitrogen and oxygen atoms in total. The third-order valence-electron chi connectivity index (χ3n) is 3.80. The van der Waals surface area contributed by atoms with Gasteiger partial charge in [-0.25, -0.2) is 4.98 Å². The Morgan fingerprint density at radius 3 is 2.77 bits per heavy atom. The van der Waals surface area contributed by atoms with E-state index in [2.05, 4.69) is 35.3 Å². The Morgan fingerprint density at radius 1 is 1.27 bits per heavy atom. The van der Waals surface area contributed by atoms with Crippen molar-refractivity contribution in [3.05, 3.63) is 59.8 Å². The SMILES string of the molecule is CCOC(=O)C1CC1c1ccc(SCc2ccccc2)nc1. The van der Waals surface area contributed by atoms with Crippen molar-refractivity contribution in [3.8, 4) is 0 Å². The molecule has 4 heteroatoms. The summed E-state index contributed by atoms with van der Waals surface area (Å²) in [7, 11) is 0. The second-order valence-electron chi connectivity index (χ2n) is 5.40. The molecular weight excluding hydrogens is 294 g/mol. The maximum absolute atomic E-state index is 11.7. The Morgan fingerprint density at radius 2 is 2.09 bits per heavy atom. The molecule has 0 saturated heterocycles. The van der Waals surface area contributed by atoms with Gasteiger partial charge in [-0.05, 0) is 36.5 Å². The van der Waals surface area contributed by atoms with E-state index in [1.807, 2.05) is 25.3 Å². The third-order valence-corrected chi connectivity index (χ3v) is 4.81. The summed E-state index contributed by atoms with van der Waals surface area (Å²) in [5.74, 6) is 1.17. The first-order valence-corrected chi connectivity index (χ1v) is 8.56. The van der Waals surface area contributed by atoms with Gasteiger partial charge in [0.15, 0.2) is 0 Å². The van der Waals surface area contributed by atoms with Crippen LogP contribution in [0.15, 0.2) is 53.7 Å². The van der Waals surface area contributed by atoms with Crippen LogP contribution in [0, 0.1) is 5.92 Å². The molecule has 2 aromatic rings. The van der Waals surface area contributed by atoms with Crippen molar-refractivity contribution < 1.29 is 9.53 Å².